The van der Waals surface area contributed by atoms with E-state index in [1.165, 1.54) is 0 Å². The van der Waals surface area contributed by atoms with Crippen molar-refractivity contribution in [3.8, 4) is 5.75 Å². The predicted molar refractivity (Wildman–Crippen MR) is 58.0 cm³/mol. The van der Waals surface area contributed by atoms with Gasteiger partial charge in [0.1, 0.15) is 11.5 Å². The molecular formula is C12H13NO. The third-order valence-electron chi connectivity index (χ3n) is 1.48. The van der Waals surface area contributed by atoms with Gasteiger partial charge in [0, 0.05) is 6.20 Å². The van der Waals surface area contributed by atoms with Crippen LogP contribution in [0, 0.1) is 0 Å². The monoisotopic (exact) mass is 187 g/mol. The van der Waals surface area contributed by atoms with E-state index >= 15 is 0 Å². The van der Waals surface area contributed by atoms with Crippen molar-refractivity contribution in [2.24, 2.45) is 0 Å². The second kappa shape index (κ2) is 5.75. The molecule has 1 rings (SSSR count). The number of allylic oxidation sites excluding steroid dienone is 4. The summed E-state index contributed by atoms with van der Waals surface area (Å²) >= 11 is 0. The van der Waals surface area contributed by atoms with E-state index in [4.69, 9.17) is 4.74 Å². The van der Waals surface area contributed by atoms with Crippen molar-refractivity contribution in [2.45, 2.75) is 6.92 Å². The standard InChI is InChI=1S/C12H13NO/c1-3-6-11(7-4-2)14-12-8-5-9-13-10-12/h3-10H,1H2,2H3/b7-4-,11-6+. The molecule has 2 nitrogen and oxygen atoms in total. The van der Waals surface area contributed by atoms with Crippen LogP contribution in [0.3, 0.4) is 0 Å². The molecule has 0 spiro atoms. The van der Waals surface area contributed by atoms with Gasteiger partial charge < -0.3 is 4.74 Å². The Morgan fingerprint density at radius 2 is 2.43 bits per heavy atom. The van der Waals surface area contributed by atoms with Crippen molar-refractivity contribution in [1.82, 2.24) is 4.98 Å². The summed E-state index contributed by atoms with van der Waals surface area (Å²) in [4.78, 5) is 3.96. The molecule has 0 aliphatic rings. The Labute approximate surface area is 84.3 Å². The normalized spacial score (nSPS) is 11.6. The van der Waals surface area contributed by atoms with Crippen molar-refractivity contribution < 1.29 is 4.74 Å². The molecule has 72 valence electrons. The molecule has 0 radical (unpaired) electrons. The lowest BCUT2D eigenvalue weighted by molar-refractivity contribution is 0.442. The molecule has 0 saturated heterocycles. The Balaban J connectivity index is 2.75. The van der Waals surface area contributed by atoms with E-state index in [0.29, 0.717) is 0 Å². The summed E-state index contributed by atoms with van der Waals surface area (Å²) in [6.07, 6.45) is 10.6. The highest BCUT2D eigenvalue weighted by molar-refractivity contribution is 5.25. The van der Waals surface area contributed by atoms with E-state index in [2.05, 4.69) is 11.6 Å². The minimum absolute atomic E-state index is 0.721. The molecule has 14 heavy (non-hydrogen) atoms. The molecule has 0 fully saturated rings. The van der Waals surface area contributed by atoms with Crippen LogP contribution in [-0.2, 0) is 0 Å². The molecule has 2 heteroatoms. The molecular weight excluding hydrogens is 174 g/mol. The van der Waals surface area contributed by atoms with Crippen LogP contribution in [0.1, 0.15) is 6.92 Å². The van der Waals surface area contributed by atoms with Crippen LogP contribution in [0.5, 0.6) is 5.75 Å². The van der Waals surface area contributed by atoms with Crippen LogP contribution < -0.4 is 4.74 Å². The third kappa shape index (κ3) is 3.27. The van der Waals surface area contributed by atoms with E-state index in [9.17, 15) is 0 Å². The zero-order valence-electron chi connectivity index (χ0n) is 8.18. The Morgan fingerprint density at radius 1 is 1.57 bits per heavy atom. The maximum atomic E-state index is 5.54. The molecule has 1 heterocycles. The zero-order valence-corrected chi connectivity index (χ0v) is 8.18. The van der Waals surface area contributed by atoms with E-state index < -0.39 is 0 Å². The Hall–Kier alpha value is -1.83. The quantitative estimate of drug-likeness (QED) is 0.533. The first kappa shape index (κ1) is 10.3. The average molecular weight is 187 g/mol. The Bertz CT molecular complexity index is 339. The topological polar surface area (TPSA) is 22.1 Å². The summed E-state index contributed by atoms with van der Waals surface area (Å²) in [6, 6.07) is 3.68. The third-order valence-corrected chi connectivity index (χ3v) is 1.48. The first-order chi connectivity index (χ1) is 6.86. The zero-order chi connectivity index (χ0) is 10.2. The fourth-order valence-electron chi connectivity index (χ4n) is 0.948. The molecule has 0 aliphatic heterocycles. The van der Waals surface area contributed by atoms with Gasteiger partial charge in [0.05, 0.1) is 6.20 Å². The number of rotatable bonds is 4. The minimum atomic E-state index is 0.721. The lowest BCUT2D eigenvalue weighted by Crippen LogP contribution is -1.91. The number of hydrogen-bond donors (Lipinski definition) is 0. The van der Waals surface area contributed by atoms with Gasteiger partial charge in [0.15, 0.2) is 0 Å². The number of aromatic nitrogens is 1. The van der Waals surface area contributed by atoms with Crippen molar-refractivity contribution in [1.29, 1.82) is 0 Å². The second-order valence-corrected chi connectivity index (χ2v) is 2.60. The molecule has 1 aromatic rings. The van der Waals surface area contributed by atoms with Gasteiger partial charge in [-0.15, -0.1) is 0 Å². The number of hydrogen-bond acceptors (Lipinski definition) is 2. The molecule has 0 bridgehead atoms. The second-order valence-electron chi connectivity index (χ2n) is 2.60. The molecule has 1 aromatic heterocycles. The van der Waals surface area contributed by atoms with Crippen LogP contribution in [0.15, 0.2) is 61.2 Å². The first-order valence-corrected chi connectivity index (χ1v) is 4.40. The van der Waals surface area contributed by atoms with Gasteiger partial charge in [-0.25, -0.2) is 0 Å². The molecule has 0 saturated carbocycles. The summed E-state index contributed by atoms with van der Waals surface area (Å²) in [5, 5.41) is 0. The highest BCUT2D eigenvalue weighted by atomic mass is 16.5. The lowest BCUT2D eigenvalue weighted by atomic mass is 10.4. The van der Waals surface area contributed by atoms with E-state index in [1.54, 1.807) is 24.5 Å². The molecule has 0 atom stereocenters. The Morgan fingerprint density at radius 3 is 3.00 bits per heavy atom. The number of pyridine rings is 1. The van der Waals surface area contributed by atoms with Gasteiger partial charge in [0.25, 0.3) is 0 Å². The first-order valence-electron chi connectivity index (χ1n) is 4.40. The molecule has 0 aromatic carbocycles. The molecule has 0 N–H and O–H groups in total. The van der Waals surface area contributed by atoms with Gasteiger partial charge in [0.2, 0.25) is 0 Å². The fourth-order valence-corrected chi connectivity index (χ4v) is 0.948. The SMILES string of the molecule is C=C/C=C(\C=C/C)Oc1cccnc1. The van der Waals surface area contributed by atoms with Gasteiger partial charge >= 0.3 is 0 Å². The largest absolute Gasteiger partial charge is 0.456 e. The van der Waals surface area contributed by atoms with Crippen LogP contribution in [-0.4, -0.2) is 4.98 Å². The highest BCUT2D eigenvalue weighted by Crippen LogP contribution is 2.11. The van der Waals surface area contributed by atoms with E-state index in [0.717, 1.165) is 11.5 Å². The summed E-state index contributed by atoms with van der Waals surface area (Å²) < 4.78 is 5.54. The van der Waals surface area contributed by atoms with Crippen LogP contribution in [0.4, 0.5) is 0 Å². The van der Waals surface area contributed by atoms with Crippen LogP contribution >= 0.6 is 0 Å². The van der Waals surface area contributed by atoms with Crippen molar-refractivity contribution in [3.05, 3.63) is 61.2 Å². The molecule has 0 aliphatic carbocycles. The number of nitrogens with zero attached hydrogens (tertiary/aromatic N) is 1. The molecule has 0 amide bonds. The van der Waals surface area contributed by atoms with Crippen LogP contribution in [0.2, 0.25) is 0 Å². The van der Waals surface area contributed by atoms with Gasteiger partial charge in [-0.05, 0) is 31.2 Å². The van der Waals surface area contributed by atoms with Gasteiger partial charge in [-0.2, -0.15) is 0 Å². The average Bonchev–Trinajstić information content (AvgIpc) is 2.20. The Kier molecular flexibility index (Phi) is 4.21. The maximum Gasteiger partial charge on any atom is 0.145 e. The summed E-state index contributed by atoms with van der Waals surface area (Å²) in [7, 11) is 0. The van der Waals surface area contributed by atoms with E-state index in [-0.39, 0.29) is 0 Å². The maximum absolute atomic E-state index is 5.54. The predicted octanol–water partition coefficient (Wildman–Crippen LogP) is 3.11. The summed E-state index contributed by atoms with van der Waals surface area (Å²) in [5.74, 6) is 1.47. The highest BCUT2D eigenvalue weighted by Gasteiger charge is 1.94. The minimum Gasteiger partial charge on any atom is -0.456 e. The van der Waals surface area contributed by atoms with Gasteiger partial charge in [-0.1, -0.05) is 18.7 Å². The van der Waals surface area contributed by atoms with Crippen molar-refractivity contribution in [2.75, 3.05) is 0 Å². The summed E-state index contributed by atoms with van der Waals surface area (Å²) in [5.41, 5.74) is 0. The fraction of sp³-hybridized carbons (Fsp3) is 0.0833. The van der Waals surface area contributed by atoms with Gasteiger partial charge in [-0.3, -0.25) is 4.98 Å². The summed E-state index contributed by atoms with van der Waals surface area (Å²) in [6.45, 7) is 5.55. The lowest BCUT2D eigenvalue weighted by Gasteiger charge is -2.04. The molecule has 0 unspecified atom stereocenters. The van der Waals surface area contributed by atoms with Crippen molar-refractivity contribution >= 4 is 0 Å². The van der Waals surface area contributed by atoms with E-state index in [1.807, 2.05) is 31.2 Å². The smallest absolute Gasteiger partial charge is 0.145 e. The van der Waals surface area contributed by atoms with Crippen molar-refractivity contribution in [3.63, 3.8) is 0 Å². The number of ether oxygens (including phenoxy) is 1. The van der Waals surface area contributed by atoms with Crippen LogP contribution in [0.25, 0.3) is 0 Å².